The summed E-state index contributed by atoms with van der Waals surface area (Å²) in [5.41, 5.74) is 2.81. The second kappa shape index (κ2) is 5.83. The summed E-state index contributed by atoms with van der Waals surface area (Å²) in [5, 5.41) is 8.69. The molecule has 2 aromatic rings. The number of anilines is 1. The largest absolute Gasteiger partial charge is 0.373 e. The quantitative estimate of drug-likeness (QED) is 0.820. The minimum atomic E-state index is 0.454. The van der Waals surface area contributed by atoms with Gasteiger partial charge >= 0.3 is 0 Å². The Labute approximate surface area is 107 Å². The van der Waals surface area contributed by atoms with Crippen LogP contribution in [0.25, 0.3) is 0 Å². The van der Waals surface area contributed by atoms with E-state index in [1.54, 1.807) is 12.3 Å². The van der Waals surface area contributed by atoms with Crippen LogP contribution >= 0.6 is 0 Å². The van der Waals surface area contributed by atoms with E-state index < -0.39 is 0 Å². The third-order valence-electron chi connectivity index (χ3n) is 2.88. The van der Waals surface area contributed by atoms with Crippen LogP contribution in [0, 0.1) is 11.3 Å². The van der Waals surface area contributed by atoms with Gasteiger partial charge in [-0.05, 0) is 24.1 Å². The molecule has 0 spiro atoms. The Morgan fingerprint density at radius 3 is 2.56 bits per heavy atom. The molecule has 0 aliphatic carbocycles. The third kappa shape index (κ3) is 3.08. The topological polar surface area (TPSA) is 39.9 Å². The fourth-order valence-electron chi connectivity index (χ4n) is 1.75. The lowest BCUT2D eigenvalue weighted by Crippen LogP contribution is -2.20. The molecular formula is C15H15N3. The third-order valence-corrected chi connectivity index (χ3v) is 2.88. The summed E-state index contributed by atoms with van der Waals surface area (Å²) in [6.07, 6.45) is 2.74. The van der Waals surface area contributed by atoms with Crippen molar-refractivity contribution in [3.8, 4) is 6.07 Å². The van der Waals surface area contributed by atoms with Gasteiger partial charge in [0, 0.05) is 13.6 Å². The van der Waals surface area contributed by atoms with E-state index in [2.05, 4.69) is 34.1 Å². The number of hydrogen-bond acceptors (Lipinski definition) is 3. The van der Waals surface area contributed by atoms with Gasteiger partial charge in [-0.15, -0.1) is 0 Å². The molecule has 0 aliphatic rings. The van der Waals surface area contributed by atoms with Crippen molar-refractivity contribution in [2.45, 2.75) is 6.42 Å². The van der Waals surface area contributed by atoms with Gasteiger partial charge in [-0.2, -0.15) is 5.26 Å². The van der Waals surface area contributed by atoms with Gasteiger partial charge in [0.2, 0.25) is 0 Å². The van der Waals surface area contributed by atoms with E-state index in [0.29, 0.717) is 5.69 Å². The molecule has 0 N–H and O–H groups in total. The number of rotatable bonds is 4. The number of hydrogen-bond donors (Lipinski definition) is 0. The van der Waals surface area contributed by atoms with E-state index in [9.17, 15) is 0 Å². The maximum atomic E-state index is 8.69. The second-order valence-electron chi connectivity index (χ2n) is 4.17. The first-order valence-electron chi connectivity index (χ1n) is 5.91. The van der Waals surface area contributed by atoms with Crippen molar-refractivity contribution in [2.75, 3.05) is 18.5 Å². The highest BCUT2D eigenvalue weighted by molar-refractivity contribution is 5.45. The average molecular weight is 237 g/mol. The van der Waals surface area contributed by atoms with Crippen molar-refractivity contribution in [2.24, 2.45) is 0 Å². The van der Waals surface area contributed by atoms with E-state index in [0.717, 1.165) is 18.7 Å². The van der Waals surface area contributed by atoms with E-state index in [-0.39, 0.29) is 0 Å². The first kappa shape index (κ1) is 12.1. The summed E-state index contributed by atoms with van der Waals surface area (Å²) in [4.78, 5) is 6.21. The van der Waals surface area contributed by atoms with Gasteiger partial charge in [0.25, 0.3) is 0 Å². The molecule has 2 rings (SSSR count). The van der Waals surface area contributed by atoms with Crippen LogP contribution in [0.2, 0.25) is 0 Å². The summed E-state index contributed by atoms with van der Waals surface area (Å²) in [7, 11) is 2.03. The molecule has 0 fully saturated rings. The van der Waals surface area contributed by atoms with Crippen molar-refractivity contribution in [3.05, 3.63) is 59.9 Å². The lowest BCUT2D eigenvalue weighted by Gasteiger charge is -2.18. The molecule has 1 aromatic heterocycles. The molecule has 0 radical (unpaired) electrons. The Morgan fingerprint density at radius 1 is 1.17 bits per heavy atom. The van der Waals surface area contributed by atoms with Crippen molar-refractivity contribution < 1.29 is 0 Å². The molecule has 0 bridgehead atoms. The number of pyridine rings is 1. The minimum absolute atomic E-state index is 0.454. The molecule has 3 heteroatoms. The molecule has 0 aliphatic heterocycles. The molecule has 0 saturated carbocycles. The number of likely N-dealkylation sites (N-methyl/N-ethyl adjacent to an activating group) is 1. The van der Waals surface area contributed by atoms with Crippen molar-refractivity contribution >= 4 is 5.69 Å². The van der Waals surface area contributed by atoms with Crippen molar-refractivity contribution in [1.82, 2.24) is 4.98 Å². The molecule has 3 nitrogen and oxygen atoms in total. The lowest BCUT2D eigenvalue weighted by atomic mass is 10.1. The second-order valence-corrected chi connectivity index (χ2v) is 4.17. The Balaban J connectivity index is 1.95. The van der Waals surface area contributed by atoms with Crippen molar-refractivity contribution in [3.63, 3.8) is 0 Å². The van der Waals surface area contributed by atoms with Gasteiger partial charge in [-0.1, -0.05) is 30.3 Å². The van der Waals surface area contributed by atoms with E-state index in [4.69, 9.17) is 5.26 Å². The monoisotopic (exact) mass is 237 g/mol. The highest BCUT2D eigenvalue weighted by Crippen LogP contribution is 2.12. The predicted octanol–water partition coefficient (Wildman–Crippen LogP) is 2.63. The molecule has 1 aromatic carbocycles. The predicted molar refractivity (Wildman–Crippen MR) is 72.4 cm³/mol. The fourth-order valence-corrected chi connectivity index (χ4v) is 1.75. The lowest BCUT2D eigenvalue weighted by molar-refractivity contribution is 0.873. The Morgan fingerprint density at radius 2 is 1.94 bits per heavy atom. The highest BCUT2D eigenvalue weighted by Gasteiger charge is 2.02. The van der Waals surface area contributed by atoms with Crippen LogP contribution in [0.4, 0.5) is 5.69 Å². The SMILES string of the molecule is CN(CCc1ccccc1)c1ccc(C#N)nc1. The van der Waals surface area contributed by atoms with Gasteiger partial charge in [-0.25, -0.2) is 4.98 Å². The summed E-state index contributed by atoms with van der Waals surface area (Å²) >= 11 is 0. The number of aromatic nitrogens is 1. The average Bonchev–Trinajstić information content (AvgIpc) is 2.46. The molecule has 0 saturated heterocycles. The van der Waals surface area contributed by atoms with Crippen LogP contribution in [0.1, 0.15) is 11.3 Å². The van der Waals surface area contributed by atoms with Gasteiger partial charge in [0.05, 0.1) is 11.9 Å². The van der Waals surface area contributed by atoms with Crippen LogP contribution in [-0.2, 0) is 6.42 Å². The zero-order valence-electron chi connectivity index (χ0n) is 10.4. The van der Waals surface area contributed by atoms with E-state index in [1.165, 1.54) is 5.56 Å². The molecule has 0 unspecified atom stereocenters. The normalized spacial score (nSPS) is 9.78. The van der Waals surface area contributed by atoms with Crippen molar-refractivity contribution in [1.29, 1.82) is 5.26 Å². The Bertz CT molecular complexity index is 526. The standard InChI is InChI=1S/C15H15N3/c1-18(10-9-13-5-3-2-4-6-13)15-8-7-14(11-16)17-12-15/h2-8,12H,9-10H2,1H3. The summed E-state index contributed by atoms with van der Waals surface area (Å²) < 4.78 is 0. The molecule has 18 heavy (non-hydrogen) atoms. The van der Waals surface area contributed by atoms with Crippen LogP contribution in [0.3, 0.4) is 0 Å². The Hall–Kier alpha value is -2.34. The maximum absolute atomic E-state index is 8.69. The zero-order valence-corrected chi connectivity index (χ0v) is 10.4. The minimum Gasteiger partial charge on any atom is -0.373 e. The maximum Gasteiger partial charge on any atom is 0.140 e. The van der Waals surface area contributed by atoms with Crippen LogP contribution in [-0.4, -0.2) is 18.6 Å². The molecule has 1 heterocycles. The number of benzene rings is 1. The van der Waals surface area contributed by atoms with Crippen LogP contribution < -0.4 is 4.90 Å². The highest BCUT2D eigenvalue weighted by atomic mass is 15.1. The summed E-state index contributed by atoms with van der Waals surface area (Å²) in [5.74, 6) is 0. The molecule has 90 valence electrons. The first-order chi connectivity index (χ1) is 8.79. The summed E-state index contributed by atoms with van der Waals surface area (Å²) in [6, 6.07) is 16.1. The molecule has 0 amide bonds. The van der Waals surface area contributed by atoms with E-state index >= 15 is 0 Å². The number of nitrogens with zero attached hydrogens (tertiary/aromatic N) is 3. The molecular weight excluding hydrogens is 222 g/mol. The fraction of sp³-hybridized carbons (Fsp3) is 0.200. The van der Waals surface area contributed by atoms with Gasteiger partial charge in [0.1, 0.15) is 11.8 Å². The van der Waals surface area contributed by atoms with Gasteiger partial charge in [-0.3, -0.25) is 0 Å². The van der Waals surface area contributed by atoms with Crippen LogP contribution in [0.15, 0.2) is 48.7 Å². The number of nitriles is 1. The molecule has 0 atom stereocenters. The van der Waals surface area contributed by atoms with Crippen LogP contribution in [0.5, 0.6) is 0 Å². The summed E-state index contributed by atoms with van der Waals surface area (Å²) in [6.45, 7) is 0.928. The zero-order chi connectivity index (χ0) is 12.8. The Kier molecular flexibility index (Phi) is 3.93. The van der Waals surface area contributed by atoms with E-state index in [1.807, 2.05) is 25.2 Å². The smallest absolute Gasteiger partial charge is 0.140 e. The van der Waals surface area contributed by atoms with Gasteiger partial charge in [0.15, 0.2) is 0 Å². The first-order valence-corrected chi connectivity index (χ1v) is 5.91. The van der Waals surface area contributed by atoms with Gasteiger partial charge < -0.3 is 4.90 Å².